The summed E-state index contributed by atoms with van der Waals surface area (Å²) in [7, 11) is 0. The van der Waals surface area contributed by atoms with Crippen molar-refractivity contribution in [3.63, 3.8) is 0 Å². The van der Waals surface area contributed by atoms with Crippen molar-refractivity contribution in [1.82, 2.24) is 0 Å². The van der Waals surface area contributed by atoms with Gasteiger partial charge in [0.2, 0.25) is 0 Å². The summed E-state index contributed by atoms with van der Waals surface area (Å²) >= 11 is 0. The van der Waals surface area contributed by atoms with Gasteiger partial charge in [0.25, 0.3) is 0 Å². The van der Waals surface area contributed by atoms with Crippen molar-refractivity contribution in [3.8, 4) is 0 Å². The van der Waals surface area contributed by atoms with E-state index in [-0.39, 0.29) is 0 Å². The molecule has 0 heteroatoms. The molecule has 0 unspecified atom stereocenters. The van der Waals surface area contributed by atoms with Gasteiger partial charge in [-0.15, -0.1) is 0 Å². The number of benzene rings is 1. The van der Waals surface area contributed by atoms with Gasteiger partial charge in [-0.3, -0.25) is 0 Å². The first-order valence-electron chi connectivity index (χ1n) is 5.71. The van der Waals surface area contributed by atoms with Crippen LogP contribution in [-0.2, 0) is 12.8 Å². The van der Waals surface area contributed by atoms with Crippen LogP contribution in [0.1, 0.15) is 30.5 Å². The first-order valence-corrected chi connectivity index (χ1v) is 5.71. The van der Waals surface area contributed by atoms with E-state index in [1.165, 1.54) is 23.1 Å². The molecule has 2 rings (SSSR count). The molecule has 0 N–H and O–H groups in total. The zero-order valence-electron chi connectivity index (χ0n) is 9.53. The van der Waals surface area contributed by atoms with Gasteiger partial charge in [0.1, 0.15) is 0 Å². The molecular weight excluding hydrogens is 180 g/mol. The summed E-state index contributed by atoms with van der Waals surface area (Å²) in [5.41, 5.74) is 4.39. The van der Waals surface area contributed by atoms with Gasteiger partial charge in [-0.05, 0) is 35.4 Å². The molecule has 0 amide bonds. The fraction of sp³-hybridized carbons (Fsp3) is 0.333. The van der Waals surface area contributed by atoms with Crippen LogP contribution in [0.2, 0.25) is 0 Å². The third-order valence-corrected chi connectivity index (χ3v) is 2.76. The standard InChI is InChI=1S/C15H18/c1-12(2)11-14-9-6-8-13-7-4-3-5-10-15(13)14/h3-6,8-10,12H,7,11H2,1-2H3. The third kappa shape index (κ3) is 2.38. The predicted octanol–water partition coefficient (Wildman–Crippen LogP) is 4.01. The van der Waals surface area contributed by atoms with Gasteiger partial charge in [-0.25, -0.2) is 0 Å². The Morgan fingerprint density at radius 2 is 2.07 bits per heavy atom. The summed E-state index contributed by atoms with van der Waals surface area (Å²) in [5, 5.41) is 0. The van der Waals surface area contributed by atoms with E-state index in [0.717, 1.165) is 12.3 Å². The molecule has 0 spiro atoms. The Labute approximate surface area is 92.3 Å². The van der Waals surface area contributed by atoms with E-state index in [2.05, 4.69) is 56.4 Å². The van der Waals surface area contributed by atoms with Crippen LogP contribution in [0, 0.1) is 5.92 Å². The van der Waals surface area contributed by atoms with Crippen LogP contribution in [0.3, 0.4) is 0 Å². The van der Waals surface area contributed by atoms with Gasteiger partial charge in [0, 0.05) is 0 Å². The zero-order chi connectivity index (χ0) is 10.7. The van der Waals surface area contributed by atoms with Crippen LogP contribution in [0.5, 0.6) is 0 Å². The topological polar surface area (TPSA) is 0 Å². The highest BCUT2D eigenvalue weighted by Crippen LogP contribution is 2.22. The van der Waals surface area contributed by atoms with Crippen LogP contribution in [0.25, 0.3) is 6.08 Å². The number of rotatable bonds is 2. The Balaban J connectivity index is 2.40. The summed E-state index contributed by atoms with van der Waals surface area (Å²) in [6.45, 7) is 4.55. The fourth-order valence-corrected chi connectivity index (χ4v) is 2.10. The SMILES string of the molecule is CC(C)Cc1cccc2c1C=CC=CC2. The van der Waals surface area contributed by atoms with Gasteiger partial charge in [0.15, 0.2) is 0 Å². The predicted molar refractivity (Wildman–Crippen MR) is 66.9 cm³/mol. The van der Waals surface area contributed by atoms with Crippen molar-refractivity contribution in [2.45, 2.75) is 26.7 Å². The van der Waals surface area contributed by atoms with E-state index in [1.54, 1.807) is 0 Å². The minimum absolute atomic E-state index is 0.723. The Hall–Kier alpha value is -1.30. The van der Waals surface area contributed by atoms with Gasteiger partial charge in [-0.1, -0.05) is 56.4 Å². The van der Waals surface area contributed by atoms with Crippen LogP contribution in [-0.4, -0.2) is 0 Å². The van der Waals surface area contributed by atoms with E-state index < -0.39 is 0 Å². The van der Waals surface area contributed by atoms with E-state index >= 15 is 0 Å². The molecule has 1 aliphatic carbocycles. The van der Waals surface area contributed by atoms with E-state index in [0.29, 0.717) is 0 Å². The van der Waals surface area contributed by atoms with Gasteiger partial charge in [0.05, 0.1) is 0 Å². The molecule has 0 aliphatic heterocycles. The molecule has 0 atom stereocenters. The number of allylic oxidation sites excluding steroid dienone is 3. The second-order valence-corrected chi connectivity index (χ2v) is 4.58. The molecule has 15 heavy (non-hydrogen) atoms. The van der Waals surface area contributed by atoms with Crippen molar-refractivity contribution in [2.24, 2.45) is 5.92 Å². The molecule has 0 fully saturated rings. The summed E-state index contributed by atoms with van der Waals surface area (Å²) in [4.78, 5) is 0. The van der Waals surface area contributed by atoms with E-state index in [1.807, 2.05) is 0 Å². The van der Waals surface area contributed by atoms with Crippen LogP contribution >= 0.6 is 0 Å². The molecule has 0 saturated heterocycles. The molecule has 1 aromatic rings. The van der Waals surface area contributed by atoms with Gasteiger partial charge < -0.3 is 0 Å². The summed E-state index contributed by atoms with van der Waals surface area (Å²) < 4.78 is 0. The minimum atomic E-state index is 0.723. The summed E-state index contributed by atoms with van der Waals surface area (Å²) in [6.07, 6.45) is 11.0. The third-order valence-electron chi connectivity index (χ3n) is 2.76. The van der Waals surface area contributed by atoms with Crippen molar-refractivity contribution in [3.05, 3.63) is 53.1 Å². The molecule has 0 heterocycles. The highest BCUT2D eigenvalue weighted by Gasteiger charge is 2.07. The second-order valence-electron chi connectivity index (χ2n) is 4.58. The van der Waals surface area contributed by atoms with Crippen LogP contribution in [0.4, 0.5) is 0 Å². The van der Waals surface area contributed by atoms with Crippen molar-refractivity contribution < 1.29 is 0 Å². The maximum atomic E-state index is 2.28. The average molecular weight is 198 g/mol. The molecule has 0 bridgehead atoms. The minimum Gasteiger partial charge on any atom is -0.0801 e. The molecule has 1 aliphatic rings. The Bertz CT molecular complexity index is 394. The molecule has 0 nitrogen and oxygen atoms in total. The fourth-order valence-electron chi connectivity index (χ4n) is 2.10. The maximum absolute atomic E-state index is 2.28. The highest BCUT2D eigenvalue weighted by molar-refractivity contribution is 5.61. The molecule has 78 valence electrons. The Morgan fingerprint density at radius 1 is 1.20 bits per heavy atom. The number of hydrogen-bond acceptors (Lipinski definition) is 0. The highest BCUT2D eigenvalue weighted by atomic mass is 14.1. The van der Waals surface area contributed by atoms with Gasteiger partial charge >= 0.3 is 0 Å². The molecule has 0 aromatic heterocycles. The van der Waals surface area contributed by atoms with E-state index in [9.17, 15) is 0 Å². The lowest BCUT2D eigenvalue weighted by Crippen LogP contribution is -1.99. The lowest BCUT2D eigenvalue weighted by Gasteiger charge is -2.12. The normalized spacial score (nSPS) is 14.1. The summed E-state index contributed by atoms with van der Waals surface area (Å²) in [6, 6.07) is 6.68. The quantitative estimate of drug-likeness (QED) is 0.673. The van der Waals surface area contributed by atoms with E-state index in [4.69, 9.17) is 0 Å². The lowest BCUT2D eigenvalue weighted by molar-refractivity contribution is 0.646. The smallest absolute Gasteiger partial charge is 0.00883 e. The summed E-state index contributed by atoms with van der Waals surface area (Å²) in [5.74, 6) is 0.723. The first-order chi connectivity index (χ1) is 7.27. The molecule has 0 radical (unpaired) electrons. The largest absolute Gasteiger partial charge is 0.0801 e. The Kier molecular flexibility index (Phi) is 3.05. The number of hydrogen-bond donors (Lipinski definition) is 0. The molecule has 0 saturated carbocycles. The molecule has 1 aromatic carbocycles. The van der Waals surface area contributed by atoms with Crippen molar-refractivity contribution in [2.75, 3.05) is 0 Å². The lowest BCUT2D eigenvalue weighted by atomic mass is 9.93. The van der Waals surface area contributed by atoms with Crippen LogP contribution in [0.15, 0.2) is 36.4 Å². The molecular formula is C15H18. The van der Waals surface area contributed by atoms with Crippen molar-refractivity contribution in [1.29, 1.82) is 0 Å². The maximum Gasteiger partial charge on any atom is -0.00883 e. The zero-order valence-corrected chi connectivity index (χ0v) is 9.53. The average Bonchev–Trinajstić information content (AvgIpc) is 2.42. The second kappa shape index (κ2) is 4.48. The van der Waals surface area contributed by atoms with Crippen LogP contribution < -0.4 is 0 Å². The van der Waals surface area contributed by atoms with Gasteiger partial charge in [-0.2, -0.15) is 0 Å². The number of fused-ring (bicyclic) bond motifs is 1. The first kappa shape index (κ1) is 10.2. The van der Waals surface area contributed by atoms with Crippen molar-refractivity contribution >= 4 is 6.08 Å². The monoisotopic (exact) mass is 198 g/mol. The Morgan fingerprint density at radius 3 is 2.87 bits per heavy atom.